The Balaban J connectivity index is 2.04. The molecule has 0 atom stereocenters. The average Bonchev–Trinajstić information content (AvgIpc) is 2.98. The Morgan fingerprint density at radius 3 is 2.55 bits per heavy atom. The standard InChI is InChI=1S/C13H19N3O3S/c1-12(2,9-14-7-8-20-9)15-11(19)16-13(10(17)18)5-3-4-6-13/h7-8H,3-6H2,1-2H3,(H,17,18)(H2,15,16,19). The van der Waals surface area contributed by atoms with Gasteiger partial charge in [0.25, 0.3) is 0 Å². The van der Waals surface area contributed by atoms with Crippen molar-refractivity contribution in [1.82, 2.24) is 15.6 Å². The van der Waals surface area contributed by atoms with Crippen LogP contribution in [0.5, 0.6) is 0 Å². The highest BCUT2D eigenvalue weighted by atomic mass is 32.1. The number of hydrogen-bond donors (Lipinski definition) is 3. The monoisotopic (exact) mass is 297 g/mol. The molecular weight excluding hydrogens is 278 g/mol. The lowest BCUT2D eigenvalue weighted by atomic mass is 9.98. The SMILES string of the molecule is CC(C)(NC(=O)NC1(C(=O)O)CCCC1)c1nccs1. The van der Waals surface area contributed by atoms with Gasteiger partial charge in [-0.3, -0.25) is 0 Å². The summed E-state index contributed by atoms with van der Waals surface area (Å²) in [5.74, 6) is -0.961. The molecule has 1 saturated carbocycles. The first-order valence-electron chi connectivity index (χ1n) is 6.59. The molecule has 0 radical (unpaired) electrons. The Kier molecular flexibility index (Phi) is 3.99. The summed E-state index contributed by atoms with van der Waals surface area (Å²) in [6.07, 6.45) is 4.28. The number of rotatable bonds is 4. The molecule has 3 N–H and O–H groups in total. The molecule has 0 aliphatic heterocycles. The van der Waals surface area contributed by atoms with Crippen molar-refractivity contribution in [3.05, 3.63) is 16.6 Å². The van der Waals surface area contributed by atoms with E-state index in [0.717, 1.165) is 17.8 Å². The minimum atomic E-state index is -1.12. The summed E-state index contributed by atoms with van der Waals surface area (Å²) in [6.45, 7) is 3.68. The van der Waals surface area contributed by atoms with Gasteiger partial charge in [-0.25, -0.2) is 14.6 Å². The second-order valence-corrected chi connectivity index (χ2v) is 6.53. The van der Waals surface area contributed by atoms with E-state index < -0.39 is 23.1 Å². The van der Waals surface area contributed by atoms with E-state index in [1.807, 2.05) is 19.2 Å². The third kappa shape index (κ3) is 2.92. The molecule has 7 heteroatoms. The van der Waals surface area contributed by atoms with Gasteiger partial charge in [0, 0.05) is 11.6 Å². The molecular formula is C13H19N3O3S. The zero-order valence-corrected chi connectivity index (χ0v) is 12.4. The van der Waals surface area contributed by atoms with Crippen molar-refractivity contribution in [3.63, 3.8) is 0 Å². The van der Waals surface area contributed by atoms with Gasteiger partial charge in [0.15, 0.2) is 0 Å². The average molecular weight is 297 g/mol. The number of aliphatic carboxylic acids is 1. The van der Waals surface area contributed by atoms with Gasteiger partial charge in [0.05, 0.1) is 5.54 Å². The molecule has 1 aliphatic rings. The Morgan fingerprint density at radius 2 is 2.05 bits per heavy atom. The van der Waals surface area contributed by atoms with Gasteiger partial charge < -0.3 is 15.7 Å². The lowest BCUT2D eigenvalue weighted by Gasteiger charge is -2.29. The lowest BCUT2D eigenvalue weighted by Crippen LogP contribution is -2.58. The molecule has 20 heavy (non-hydrogen) atoms. The number of urea groups is 1. The summed E-state index contributed by atoms with van der Waals surface area (Å²) < 4.78 is 0. The zero-order chi connectivity index (χ0) is 14.8. The topological polar surface area (TPSA) is 91.3 Å². The molecule has 0 unspecified atom stereocenters. The van der Waals surface area contributed by atoms with Gasteiger partial charge in [-0.05, 0) is 26.7 Å². The van der Waals surface area contributed by atoms with E-state index in [2.05, 4.69) is 15.6 Å². The van der Waals surface area contributed by atoms with Crippen LogP contribution in [-0.2, 0) is 10.3 Å². The molecule has 1 heterocycles. The smallest absolute Gasteiger partial charge is 0.329 e. The first-order valence-corrected chi connectivity index (χ1v) is 7.47. The summed E-state index contributed by atoms with van der Waals surface area (Å²) in [7, 11) is 0. The molecule has 1 aliphatic carbocycles. The van der Waals surface area contributed by atoms with Gasteiger partial charge in [-0.15, -0.1) is 11.3 Å². The van der Waals surface area contributed by atoms with Crippen molar-refractivity contribution in [2.24, 2.45) is 0 Å². The van der Waals surface area contributed by atoms with Crippen LogP contribution >= 0.6 is 11.3 Å². The minimum Gasteiger partial charge on any atom is -0.480 e. The molecule has 1 aromatic rings. The highest BCUT2D eigenvalue weighted by Gasteiger charge is 2.43. The van der Waals surface area contributed by atoms with E-state index in [1.165, 1.54) is 11.3 Å². The van der Waals surface area contributed by atoms with Crippen LogP contribution in [0.4, 0.5) is 4.79 Å². The van der Waals surface area contributed by atoms with Gasteiger partial charge in [-0.1, -0.05) is 12.8 Å². The molecule has 110 valence electrons. The third-order valence-electron chi connectivity index (χ3n) is 3.61. The molecule has 0 bridgehead atoms. The number of aromatic nitrogens is 1. The fourth-order valence-corrected chi connectivity index (χ4v) is 3.21. The van der Waals surface area contributed by atoms with Crippen LogP contribution in [0, 0.1) is 0 Å². The number of nitrogens with one attached hydrogen (secondary N) is 2. The number of carbonyl (C=O) groups is 2. The Bertz CT molecular complexity index is 493. The van der Waals surface area contributed by atoms with Crippen LogP contribution in [-0.4, -0.2) is 27.6 Å². The molecule has 6 nitrogen and oxygen atoms in total. The Morgan fingerprint density at radius 1 is 1.40 bits per heavy atom. The number of carboxylic acid groups (broad SMARTS) is 1. The summed E-state index contributed by atoms with van der Waals surface area (Å²) in [4.78, 5) is 27.7. The van der Waals surface area contributed by atoms with Gasteiger partial charge in [0.2, 0.25) is 0 Å². The fraction of sp³-hybridized carbons (Fsp3) is 0.615. The molecule has 1 aromatic heterocycles. The van der Waals surface area contributed by atoms with Crippen molar-refractivity contribution in [2.75, 3.05) is 0 Å². The lowest BCUT2D eigenvalue weighted by molar-refractivity contribution is -0.144. The van der Waals surface area contributed by atoms with Crippen molar-refractivity contribution in [1.29, 1.82) is 0 Å². The summed E-state index contributed by atoms with van der Waals surface area (Å²) in [5.41, 5.74) is -1.75. The first-order chi connectivity index (χ1) is 9.36. The van der Waals surface area contributed by atoms with Crippen molar-refractivity contribution in [2.45, 2.75) is 50.6 Å². The second-order valence-electron chi connectivity index (χ2n) is 5.64. The van der Waals surface area contributed by atoms with Crippen LogP contribution in [0.15, 0.2) is 11.6 Å². The maximum Gasteiger partial charge on any atom is 0.329 e. The molecule has 1 fully saturated rings. The van der Waals surface area contributed by atoms with E-state index in [4.69, 9.17) is 0 Å². The summed E-state index contributed by atoms with van der Waals surface area (Å²) >= 11 is 1.45. The Labute approximate surface area is 121 Å². The summed E-state index contributed by atoms with van der Waals surface area (Å²) in [5, 5.41) is 17.4. The van der Waals surface area contributed by atoms with Crippen LogP contribution in [0.25, 0.3) is 0 Å². The van der Waals surface area contributed by atoms with Gasteiger partial charge in [-0.2, -0.15) is 0 Å². The van der Waals surface area contributed by atoms with Gasteiger partial charge >= 0.3 is 12.0 Å². The molecule has 2 rings (SSSR count). The molecule has 0 saturated heterocycles. The van der Waals surface area contributed by atoms with E-state index in [1.54, 1.807) is 6.20 Å². The predicted octanol–water partition coefficient (Wildman–Crippen LogP) is 2.07. The van der Waals surface area contributed by atoms with Crippen LogP contribution in [0.2, 0.25) is 0 Å². The van der Waals surface area contributed by atoms with E-state index in [-0.39, 0.29) is 0 Å². The van der Waals surface area contributed by atoms with E-state index in [0.29, 0.717) is 12.8 Å². The van der Waals surface area contributed by atoms with Crippen LogP contribution in [0.3, 0.4) is 0 Å². The second kappa shape index (κ2) is 5.40. The number of thiazole rings is 1. The molecule has 0 aromatic carbocycles. The molecule has 2 amide bonds. The first kappa shape index (κ1) is 14.8. The number of amides is 2. The number of carboxylic acids is 1. The zero-order valence-electron chi connectivity index (χ0n) is 11.6. The Hall–Kier alpha value is -1.63. The van der Waals surface area contributed by atoms with E-state index >= 15 is 0 Å². The third-order valence-corrected chi connectivity index (χ3v) is 4.71. The summed E-state index contributed by atoms with van der Waals surface area (Å²) in [6, 6.07) is -0.463. The molecule has 0 spiro atoms. The quantitative estimate of drug-likeness (QED) is 0.793. The van der Waals surface area contributed by atoms with Gasteiger partial charge in [0.1, 0.15) is 10.5 Å². The fourth-order valence-electron chi connectivity index (χ4n) is 2.49. The van der Waals surface area contributed by atoms with Crippen molar-refractivity contribution >= 4 is 23.3 Å². The van der Waals surface area contributed by atoms with Crippen LogP contribution < -0.4 is 10.6 Å². The van der Waals surface area contributed by atoms with Crippen LogP contribution in [0.1, 0.15) is 44.5 Å². The predicted molar refractivity (Wildman–Crippen MR) is 75.6 cm³/mol. The highest BCUT2D eigenvalue weighted by molar-refractivity contribution is 7.09. The number of hydrogen-bond acceptors (Lipinski definition) is 4. The normalized spacial score (nSPS) is 17.7. The maximum absolute atomic E-state index is 12.1. The van der Waals surface area contributed by atoms with Crippen molar-refractivity contribution in [3.8, 4) is 0 Å². The minimum absolute atomic E-state index is 0.463. The van der Waals surface area contributed by atoms with Crippen molar-refractivity contribution < 1.29 is 14.7 Å². The maximum atomic E-state index is 12.1. The largest absolute Gasteiger partial charge is 0.480 e. The number of nitrogens with zero attached hydrogens (tertiary/aromatic N) is 1. The highest BCUT2D eigenvalue weighted by Crippen LogP contribution is 2.30. The van der Waals surface area contributed by atoms with E-state index in [9.17, 15) is 14.7 Å². The number of carbonyl (C=O) groups excluding carboxylic acids is 1.